The summed E-state index contributed by atoms with van der Waals surface area (Å²) in [5.41, 5.74) is 2.10. The molecule has 20 heavy (non-hydrogen) atoms. The number of nitrogens with zero attached hydrogens (tertiary/aromatic N) is 3. The number of fused-ring (bicyclic) bond motifs is 1. The first kappa shape index (κ1) is 13.0. The molecule has 0 unspecified atom stereocenters. The molecule has 6 heteroatoms. The molecule has 4 nitrogen and oxygen atoms in total. The van der Waals surface area contributed by atoms with Gasteiger partial charge in [-0.1, -0.05) is 17.7 Å². The van der Waals surface area contributed by atoms with Gasteiger partial charge < -0.3 is 4.90 Å². The lowest BCUT2D eigenvalue weighted by atomic mass is 10.1. The third-order valence-corrected chi connectivity index (χ3v) is 3.59. The van der Waals surface area contributed by atoms with Crippen LogP contribution in [0.3, 0.4) is 0 Å². The van der Waals surface area contributed by atoms with Crippen molar-refractivity contribution in [3.8, 4) is 0 Å². The summed E-state index contributed by atoms with van der Waals surface area (Å²) in [6.45, 7) is 0.991. The van der Waals surface area contributed by atoms with E-state index in [4.69, 9.17) is 11.6 Å². The van der Waals surface area contributed by atoms with Gasteiger partial charge in [0.15, 0.2) is 0 Å². The molecule has 0 aliphatic carbocycles. The number of amides is 1. The van der Waals surface area contributed by atoms with Crippen LogP contribution in [0.25, 0.3) is 0 Å². The maximum absolute atomic E-state index is 13.2. The average Bonchev–Trinajstić information content (AvgIpc) is 2.48. The molecule has 0 aromatic carbocycles. The Labute approximate surface area is 120 Å². The summed E-state index contributed by atoms with van der Waals surface area (Å²) in [5.74, 6) is -0.881. The van der Waals surface area contributed by atoms with E-state index in [1.54, 1.807) is 11.1 Å². The van der Waals surface area contributed by atoms with Crippen molar-refractivity contribution in [3.05, 3.63) is 58.4 Å². The minimum atomic E-state index is -0.572. The van der Waals surface area contributed by atoms with Crippen LogP contribution in [0.1, 0.15) is 21.6 Å². The quantitative estimate of drug-likeness (QED) is 0.758. The number of hydrogen-bond donors (Lipinski definition) is 0. The topological polar surface area (TPSA) is 46.1 Å². The van der Waals surface area contributed by atoms with Crippen molar-refractivity contribution in [2.75, 3.05) is 6.54 Å². The zero-order valence-electron chi connectivity index (χ0n) is 10.5. The van der Waals surface area contributed by atoms with Crippen molar-refractivity contribution in [3.63, 3.8) is 0 Å². The van der Waals surface area contributed by atoms with E-state index in [0.717, 1.165) is 23.5 Å². The Morgan fingerprint density at radius 3 is 3.10 bits per heavy atom. The number of halogens is 2. The molecular weight excluding hydrogens is 281 g/mol. The summed E-state index contributed by atoms with van der Waals surface area (Å²) in [6.07, 6.45) is 3.42. The fourth-order valence-corrected chi connectivity index (χ4v) is 2.47. The largest absolute Gasteiger partial charge is 0.334 e. The van der Waals surface area contributed by atoms with Crippen LogP contribution >= 0.6 is 11.6 Å². The van der Waals surface area contributed by atoms with Crippen LogP contribution in [0.15, 0.2) is 30.6 Å². The lowest BCUT2D eigenvalue weighted by Crippen LogP contribution is -2.36. The smallest absolute Gasteiger partial charge is 0.257 e. The number of rotatable bonds is 1. The van der Waals surface area contributed by atoms with Crippen LogP contribution in [0, 0.1) is 5.82 Å². The Morgan fingerprint density at radius 2 is 2.25 bits per heavy atom. The van der Waals surface area contributed by atoms with Crippen molar-refractivity contribution < 1.29 is 9.18 Å². The molecule has 0 saturated heterocycles. The fraction of sp³-hybridized carbons (Fsp3) is 0.214. The second kappa shape index (κ2) is 5.17. The van der Waals surface area contributed by atoms with Crippen LogP contribution < -0.4 is 0 Å². The van der Waals surface area contributed by atoms with Gasteiger partial charge >= 0.3 is 0 Å². The summed E-state index contributed by atoms with van der Waals surface area (Å²) >= 11 is 5.87. The summed E-state index contributed by atoms with van der Waals surface area (Å²) < 4.78 is 13.2. The zero-order valence-corrected chi connectivity index (χ0v) is 11.3. The lowest BCUT2D eigenvalue weighted by Gasteiger charge is -2.28. The van der Waals surface area contributed by atoms with Gasteiger partial charge in [-0.05, 0) is 17.7 Å². The summed E-state index contributed by atoms with van der Waals surface area (Å²) in [6, 6.07) is 4.90. The van der Waals surface area contributed by atoms with Gasteiger partial charge in [0, 0.05) is 31.4 Å². The highest BCUT2D eigenvalue weighted by atomic mass is 35.5. The molecule has 0 fully saturated rings. The van der Waals surface area contributed by atoms with Gasteiger partial charge in [-0.3, -0.25) is 9.78 Å². The highest BCUT2D eigenvalue weighted by molar-refractivity contribution is 6.32. The Morgan fingerprint density at radius 1 is 1.40 bits per heavy atom. The number of aromatic nitrogens is 2. The lowest BCUT2D eigenvalue weighted by molar-refractivity contribution is 0.0732. The molecule has 0 radical (unpaired) electrons. The molecule has 0 saturated carbocycles. The van der Waals surface area contributed by atoms with E-state index in [1.807, 2.05) is 12.1 Å². The molecule has 2 aromatic rings. The molecule has 1 amide bonds. The van der Waals surface area contributed by atoms with Gasteiger partial charge in [-0.15, -0.1) is 0 Å². The van der Waals surface area contributed by atoms with Gasteiger partial charge in [0.1, 0.15) is 11.0 Å². The van der Waals surface area contributed by atoms with E-state index in [-0.39, 0.29) is 16.6 Å². The number of carbonyl (C=O) groups is 1. The van der Waals surface area contributed by atoms with E-state index in [0.29, 0.717) is 19.5 Å². The van der Waals surface area contributed by atoms with Crippen molar-refractivity contribution in [1.29, 1.82) is 0 Å². The molecule has 0 atom stereocenters. The fourth-order valence-electron chi connectivity index (χ4n) is 2.28. The monoisotopic (exact) mass is 291 g/mol. The normalized spacial score (nSPS) is 14.0. The Kier molecular flexibility index (Phi) is 3.36. The Balaban J connectivity index is 1.88. The number of hydrogen-bond acceptors (Lipinski definition) is 3. The third kappa shape index (κ3) is 2.36. The molecular formula is C14H11ClFN3O. The van der Waals surface area contributed by atoms with E-state index in [2.05, 4.69) is 9.97 Å². The van der Waals surface area contributed by atoms with E-state index in [9.17, 15) is 9.18 Å². The predicted molar refractivity (Wildman–Crippen MR) is 71.9 cm³/mol. The first-order valence-corrected chi connectivity index (χ1v) is 6.56. The predicted octanol–water partition coefficient (Wildman–Crippen LogP) is 2.47. The molecule has 3 heterocycles. The maximum Gasteiger partial charge on any atom is 0.257 e. The Hall–Kier alpha value is -2.01. The second-order valence-electron chi connectivity index (χ2n) is 4.58. The molecule has 102 valence electrons. The second-order valence-corrected chi connectivity index (χ2v) is 4.94. The molecule has 1 aliphatic heterocycles. The van der Waals surface area contributed by atoms with E-state index >= 15 is 0 Å². The van der Waals surface area contributed by atoms with Gasteiger partial charge in [-0.2, -0.15) is 0 Å². The zero-order chi connectivity index (χ0) is 14.1. The van der Waals surface area contributed by atoms with Crippen molar-refractivity contribution in [1.82, 2.24) is 14.9 Å². The van der Waals surface area contributed by atoms with Crippen LogP contribution in [0.2, 0.25) is 5.15 Å². The molecule has 3 rings (SSSR count). The van der Waals surface area contributed by atoms with Crippen LogP contribution in [-0.2, 0) is 13.0 Å². The minimum Gasteiger partial charge on any atom is -0.334 e. The maximum atomic E-state index is 13.2. The summed E-state index contributed by atoms with van der Waals surface area (Å²) in [7, 11) is 0. The molecule has 0 bridgehead atoms. The Bertz CT molecular complexity index is 677. The van der Waals surface area contributed by atoms with Crippen molar-refractivity contribution >= 4 is 17.5 Å². The highest BCUT2D eigenvalue weighted by Gasteiger charge is 2.24. The molecule has 0 spiro atoms. The first-order chi connectivity index (χ1) is 9.65. The van der Waals surface area contributed by atoms with Crippen LogP contribution in [0.5, 0.6) is 0 Å². The molecule has 2 aromatic heterocycles. The third-order valence-electron chi connectivity index (χ3n) is 3.29. The van der Waals surface area contributed by atoms with Crippen molar-refractivity contribution in [2.45, 2.75) is 13.0 Å². The van der Waals surface area contributed by atoms with Crippen LogP contribution in [-0.4, -0.2) is 27.3 Å². The standard InChI is InChI=1S/C14H11ClFN3O/c15-13-11(6-10(16)7-18-13)14(20)19-5-3-12-9(8-19)2-1-4-17-12/h1-2,4,6-7H,3,5,8H2. The van der Waals surface area contributed by atoms with Gasteiger partial charge in [0.25, 0.3) is 5.91 Å². The first-order valence-electron chi connectivity index (χ1n) is 6.18. The highest BCUT2D eigenvalue weighted by Crippen LogP contribution is 2.21. The number of pyridine rings is 2. The molecule has 0 N–H and O–H groups in total. The van der Waals surface area contributed by atoms with Gasteiger partial charge in [0.2, 0.25) is 0 Å². The van der Waals surface area contributed by atoms with Crippen LogP contribution in [0.4, 0.5) is 4.39 Å². The summed E-state index contributed by atoms with van der Waals surface area (Å²) in [4.78, 5) is 22.0. The SMILES string of the molecule is O=C(c1cc(F)cnc1Cl)N1CCc2ncccc2C1. The van der Waals surface area contributed by atoms with Crippen molar-refractivity contribution in [2.24, 2.45) is 0 Å². The summed E-state index contributed by atoms with van der Waals surface area (Å²) in [5, 5.41) is 0.0217. The van der Waals surface area contributed by atoms with E-state index in [1.165, 1.54) is 0 Å². The van der Waals surface area contributed by atoms with E-state index < -0.39 is 5.82 Å². The molecule has 1 aliphatic rings. The van der Waals surface area contributed by atoms with Gasteiger partial charge in [-0.25, -0.2) is 9.37 Å². The van der Waals surface area contributed by atoms with Gasteiger partial charge in [0.05, 0.1) is 11.8 Å². The number of carbonyl (C=O) groups excluding carboxylic acids is 1. The minimum absolute atomic E-state index is 0.0217. The average molecular weight is 292 g/mol.